The van der Waals surface area contributed by atoms with Gasteiger partial charge in [0.2, 0.25) is 0 Å². The molecule has 0 amide bonds. The average Bonchev–Trinajstić information content (AvgIpc) is 2.40. The molecule has 1 unspecified atom stereocenters. The van der Waals surface area contributed by atoms with Gasteiger partial charge in [-0.1, -0.05) is 25.1 Å². The second kappa shape index (κ2) is 7.46. The highest BCUT2D eigenvalue weighted by molar-refractivity contribution is 7.67. The molecule has 0 saturated heterocycles. The summed E-state index contributed by atoms with van der Waals surface area (Å²) >= 11 is 0. The first-order valence-electron chi connectivity index (χ1n) is 6.54. The van der Waals surface area contributed by atoms with E-state index in [2.05, 4.69) is 0 Å². The number of benzene rings is 1. The number of carbonyl (C=O) groups excluding carboxylic acids is 1. The molecule has 1 rings (SSSR count). The molecule has 2 atom stereocenters. The van der Waals surface area contributed by atoms with Gasteiger partial charge in [0.15, 0.2) is 5.85 Å². The van der Waals surface area contributed by atoms with E-state index in [0.29, 0.717) is 24.8 Å². The Labute approximate surface area is 114 Å². The van der Waals surface area contributed by atoms with Gasteiger partial charge in [-0.3, -0.25) is 9.36 Å². The minimum absolute atomic E-state index is 0.307. The molecule has 0 aliphatic heterocycles. The van der Waals surface area contributed by atoms with E-state index < -0.39 is 13.2 Å². The molecule has 0 heterocycles. The third kappa shape index (κ3) is 4.19. The molecule has 0 aromatic heterocycles. The Kier molecular flexibility index (Phi) is 6.26. The number of carbonyl (C=O) groups is 1. The quantitative estimate of drug-likeness (QED) is 0.569. The third-order valence-electron chi connectivity index (χ3n) is 2.67. The maximum Gasteiger partial charge on any atom is 0.306 e. The fraction of sp³-hybridized carbons (Fsp3) is 0.500. The largest absolute Gasteiger partial charge is 0.452 e. The highest BCUT2D eigenvalue weighted by Crippen LogP contribution is 2.51. The van der Waals surface area contributed by atoms with Crippen molar-refractivity contribution in [3.8, 4) is 0 Å². The van der Waals surface area contributed by atoms with Gasteiger partial charge in [0.1, 0.15) is 0 Å². The average molecular weight is 284 g/mol. The minimum atomic E-state index is -3.18. The lowest BCUT2D eigenvalue weighted by Crippen LogP contribution is -2.22. The molecule has 0 radical (unpaired) electrons. The van der Waals surface area contributed by atoms with Gasteiger partial charge in [0.05, 0.1) is 6.61 Å². The molecule has 1 aromatic rings. The molecule has 0 fully saturated rings. The maximum absolute atomic E-state index is 13.0. The van der Waals surface area contributed by atoms with Gasteiger partial charge >= 0.3 is 5.97 Å². The molecule has 0 saturated carbocycles. The summed E-state index contributed by atoms with van der Waals surface area (Å²) in [5.41, 5.74) is 0. The lowest BCUT2D eigenvalue weighted by molar-refractivity contribution is -0.145. The Hall–Kier alpha value is -1.12. The summed E-state index contributed by atoms with van der Waals surface area (Å²) in [5.74, 6) is -1.11. The van der Waals surface area contributed by atoms with E-state index in [4.69, 9.17) is 9.26 Å². The molecule has 1 aromatic carbocycles. The molecule has 5 heteroatoms. The smallest absolute Gasteiger partial charge is 0.306 e. The normalized spacial score (nSPS) is 15.5. The predicted octanol–water partition coefficient (Wildman–Crippen LogP) is 3.32. The van der Waals surface area contributed by atoms with Crippen molar-refractivity contribution in [2.75, 3.05) is 6.61 Å². The van der Waals surface area contributed by atoms with Crippen LogP contribution in [0, 0.1) is 0 Å². The number of hydrogen-bond acceptors (Lipinski definition) is 4. The number of hydrogen-bond donors (Lipinski definition) is 0. The second-order valence-electron chi connectivity index (χ2n) is 4.19. The van der Waals surface area contributed by atoms with Crippen LogP contribution >= 0.6 is 7.37 Å². The summed E-state index contributed by atoms with van der Waals surface area (Å²) in [7, 11) is -3.18. The van der Waals surface area contributed by atoms with Crippen molar-refractivity contribution < 1.29 is 18.6 Å². The van der Waals surface area contributed by atoms with Crippen molar-refractivity contribution in [1.29, 1.82) is 0 Å². The number of esters is 1. The number of ether oxygens (including phenoxy) is 1. The molecule has 19 heavy (non-hydrogen) atoms. The van der Waals surface area contributed by atoms with Crippen LogP contribution in [0.4, 0.5) is 0 Å². The lowest BCUT2D eigenvalue weighted by atomic mass is 10.3. The van der Waals surface area contributed by atoms with Crippen LogP contribution in [0.2, 0.25) is 0 Å². The van der Waals surface area contributed by atoms with Gasteiger partial charge in [-0.05, 0) is 32.4 Å². The fourth-order valence-corrected chi connectivity index (χ4v) is 3.75. The summed E-state index contributed by atoms with van der Waals surface area (Å²) < 4.78 is 23.6. The van der Waals surface area contributed by atoms with Crippen LogP contribution in [0.15, 0.2) is 30.3 Å². The predicted molar refractivity (Wildman–Crippen MR) is 75.8 cm³/mol. The molecule has 0 aliphatic rings. The Morgan fingerprint density at radius 3 is 2.42 bits per heavy atom. The zero-order valence-electron chi connectivity index (χ0n) is 11.7. The molecule has 0 spiro atoms. The van der Waals surface area contributed by atoms with Crippen molar-refractivity contribution in [3.63, 3.8) is 0 Å². The zero-order valence-corrected chi connectivity index (χ0v) is 12.6. The van der Waals surface area contributed by atoms with Crippen molar-refractivity contribution in [3.05, 3.63) is 30.3 Å². The first-order valence-corrected chi connectivity index (χ1v) is 8.23. The van der Waals surface area contributed by atoms with Crippen molar-refractivity contribution in [2.45, 2.75) is 39.5 Å². The van der Waals surface area contributed by atoms with Gasteiger partial charge in [-0.25, -0.2) is 0 Å². The van der Waals surface area contributed by atoms with E-state index in [-0.39, 0.29) is 5.97 Å². The van der Waals surface area contributed by atoms with Crippen LogP contribution in [0.5, 0.6) is 0 Å². The van der Waals surface area contributed by atoms with Crippen LogP contribution in [0.3, 0.4) is 0 Å². The third-order valence-corrected chi connectivity index (χ3v) is 5.39. The summed E-state index contributed by atoms with van der Waals surface area (Å²) in [6.45, 7) is 5.60. The van der Waals surface area contributed by atoms with E-state index in [1.54, 1.807) is 38.1 Å². The topological polar surface area (TPSA) is 52.6 Å². The summed E-state index contributed by atoms with van der Waals surface area (Å²) in [5, 5.41) is 0.577. The highest BCUT2D eigenvalue weighted by atomic mass is 31.2. The maximum atomic E-state index is 13.0. The molecule has 0 N–H and O–H groups in total. The zero-order chi connectivity index (χ0) is 14.3. The fourth-order valence-electron chi connectivity index (χ4n) is 1.74. The molecule has 0 bridgehead atoms. The standard InChI is InChI=1S/C14H21O4P/c1-4-9-14(15)18-12(3)19(16,17-5-2)13-10-7-6-8-11-13/h6-8,10-12H,4-5,9H2,1-3H3/t12-,19?/m1/s1. The molecular weight excluding hydrogens is 263 g/mol. The van der Waals surface area contributed by atoms with E-state index in [0.717, 1.165) is 0 Å². The van der Waals surface area contributed by atoms with Crippen molar-refractivity contribution in [1.82, 2.24) is 0 Å². The van der Waals surface area contributed by atoms with Crippen LogP contribution in [0.25, 0.3) is 0 Å². The first kappa shape index (κ1) is 15.9. The van der Waals surface area contributed by atoms with E-state index in [1.807, 2.05) is 13.0 Å². The van der Waals surface area contributed by atoms with Crippen LogP contribution in [0.1, 0.15) is 33.6 Å². The Morgan fingerprint density at radius 1 is 1.26 bits per heavy atom. The SMILES string of the molecule is CCCC(=O)O[C@@H](C)P(=O)(OCC)c1ccccc1. The van der Waals surface area contributed by atoms with Gasteiger partial charge in [0.25, 0.3) is 7.37 Å². The molecule has 4 nitrogen and oxygen atoms in total. The Balaban J connectivity index is 2.93. The van der Waals surface area contributed by atoms with Gasteiger partial charge < -0.3 is 9.26 Å². The lowest BCUT2D eigenvalue weighted by Gasteiger charge is -2.24. The molecule has 106 valence electrons. The van der Waals surface area contributed by atoms with Crippen LogP contribution < -0.4 is 5.30 Å². The van der Waals surface area contributed by atoms with E-state index in [1.165, 1.54) is 0 Å². The minimum Gasteiger partial charge on any atom is -0.452 e. The molecule has 0 aliphatic carbocycles. The second-order valence-corrected chi connectivity index (χ2v) is 6.89. The summed E-state index contributed by atoms with van der Waals surface area (Å²) in [4.78, 5) is 11.5. The van der Waals surface area contributed by atoms with E-state index >= 15 is 0 Å². The first-order chi connectivity index (χ1) is 9.04. The Bertz CT molecular complexity index is 444. The molecular formula is C14H21O4P. The van der Waals surface area contributed by atoms with Crippen molar-refractivity contribution in [2.24, 2.45) is 0 Å². The Morgan fingerprint density at radius 2 is 1.89 bits per heavy atom. The van der Waals surface area contributed by atoms with E-state index in [9.17, 15) is 9.36 Å². The van der Waals surface area contributed by atoms with Gasteiger partial charge in [-0.15, -0.1) is 0 Å². The van der Waals surface area contributed by atoms with Gasteiger partial charge in [-0.2, -0.15) is 0 Å². The monoisotopic (exact) mass is 284 g/mol. The highest BCUT2D eigenvalue weighted by Gasteiger charge is 2.35. The van der Waals surface area contributed by atoms with Crippen molar-refractivity contribution >= 4 is 18.6 Å². The van der Waals surface area contributed by atoms with Crippen LogP contribution in [-0.4, -0.2) is 18.4 Å². The van der Waals surface area contributed by atoms with Crippen LogP contribution in [-0.2, 0) is 18.6 Å². The van der Waals surface area contributed by atoms with Gasteiger partial charge in [0, 0.05) is 11.7 Å². The summed E-state index contributed by atoms with van der Waals surface area (Å²) in [6, 6.07) is 8.90. The summed E-state index contributed by atoms with van der Waals surface area (Å²) in [6.07, 6.45) is 1.03. The number of rotatable bonds is 7.